The Hall–Kier alpha value is -2.30. The van der Waals surface area contributed by atoms with Crippen molar-refractivity contribution in [3.63, 3.8) is 0 Å². The molecule has 0 radical (unpaired) electrons. The molecule has 0 fully saturated rings. The minimum atomic E-state index is 0.490. The summed E-state index contributed by atoms with van der Waals surface area (Å²) in [7, 11) is 0. The Balaban J connectivity index is 1.76. The van der Waals surface area contributed by atoms with Crippen LogP contribution in [0.1, 0.15) is 11.3 Å². The molecule has 0 aliphatic heterocycles. The number of nitrogens with one attached hydrogen (secondary N) is 2. The van der Waals surface area contributed by atoms with Gasteiger partial charge in [-0.25, -0.2) is 4.98 Å². The second-order valence-electron chi connectivity index (χ2n) is 5.34. The molecular weight excluding hydrogens is 343 g/mol. The highest BCUT2D eigenvalue weighted by Crippen LogP contribution is 2.24. The molecule has 1 heterocycles. The maximum absolute atomic E-state index is 6.02. The van der Waals surface area contributed by atoms with Crippen LogP contribution < -0.4 is 10.6 Å². The molecule has 3 aromatic rings. The first-order valence-corrected chi connectivity index (χ1v) is 8.21. The summed E-state index contributed by atoms with van der Waals surface area (Å²) in [5.74, 6) is 1.24. The molecule has 2 aromatic carbocycles. The lowest BCUT2D eigenvalue weighted by molar-refractivity contribution is 1.06. The van der Waals surface area contributed by atoms with Gasteiger partial charge in [-0.2, -0.15) is 4.98 Å². The summed E-state index contributed by atoms with van der Waals surface area (Å²) in [4.78, 5) is 8.88. The van der Waals surface area contributed by atoms with Crippen molar-refractivity contribution in [2.45, 2.75) is 13.5 Å². The van der Waals surface area contributed by atoms with Gasteiger partial charge in [-0.05, 0) is 30.7 Å². The van der Waals surface area contributed by atoms with Crippen LogP contribution in [0.2, 0.25) is 10.0 Å². The summed E-state index contributed by atoms with van der Waals surface area (Å²) in [6.07, 6.45) is 0. The Morgan fingerprint density at radius 2 is 1.62 bits per heavy atom. The highest BCUT2D eigenvalue weighted by atomic mass is 35.5. The fourth-order valence-corrected chi connectivity index (χ4v) is 2.78. The highest BCUT2D eigenvalue weighted by molar-refractivity contribution is 6.35. The van der Waals surface area contributed by atoms with E-state index in [2.05, 4.69) is 32.7 Å². The smallest absolute Gasteiger partial charge is 0.229 e. The highest BCUT2D eigenvalue weighted by Gasteiger charge is 2.05. The van der Waals surface area contributed by atoms with Gasteiger partial charge >= 0.3 is 0 Å². The minimum Gasteiger partial charge on any atom is -0.366 e. The Labute approximate surface area is 150 Å². The molecule has 6 heteroatoms. The van der Waals surface area contributed by atoms with E-state index in [0.717, 1.165) is 17.2 Å². The van der Waals surface area contributed by atoms with Gasteiger partial charge in [0.05, 0.1) is 0 Å². The zero-order valence-corrected chi connectivity index (χ0v) is 14.6. The number of aromatic nitrogens is 2. The lowest BCUT2D eigenvalue weighted by atomic mass is 10.2. The lowest BCUT2D eigenvalue weighted by Crippen LogP contribution is -2.05. The van der Waals surface area contributed by atoms with Crippen molar-refractivity contribution < 1.29 is 0 Å². The summed E-state index contributed by atoms with van der Waals surface area (Å²) in [6.45, 7) is 2.62. The molecule has 0 saturated carbocycles. The molecule has 0 bridgehead atoms. The predicted octanol–water partition coefficient (Wildman–Crippen LogP) is 5.45. The molecule has 0 spiro atoms. The van der Waals surface area contributed by atoms with Gasteiger partial charge in [-0.3, -0.25) is 0 Å². The third kappa shape index (κ3) is 4.60. The molecule has 3 rings (SSSR count). The van der Waals surface area contributed by atoms with Crippen LogP contribution in [-0.2, 0) is 6.54 Å². The average molecular weight is 359 g/mol. The van der Waals surface area contributed by atoms with Gasteiger partial charge in [0.25, 0.3) is 0 Å². The second kappa shape index (κ2) is 7.51. The molecule has 1 aromatic heterocycles. The maximum Gasteiger partial charge on any atom is 0.229 e. The van der Waals surface area contributed by atoms with Crippen LogP contribution in [0.4, 0.5) is 17.5 Å². The largest absolute Gasteiger partial charge is 0.366 e. The molecule has 0 aliphatic rings. The maximum atomic E-state index is 6.02. The first-order chi connectivity index (χ1) is 11.6. The number of halogens is 2. The zero-order valence-electron chi connectivity index (χ0n) is 13.1. The van der Waals surface area contributed by atoms with Crippen molar-refractivity contribution in [2.24, 2.45) is 0 Å². The quantitative estimate of drug-likeness (QED) is 0.636. The standard InChI is InChI=1S/C18H16Cl2N4/c1-12-7-17(21-11-13-5-3-2-4-6-13)24-18(22-12)23-16-9-14(19)8-15(20)10-16/h2-10H,11H2,1H3,(H2,21,22,23,24). The van der Waals surface area contributed by atoms with E-state index >= 15 is 0 Å². The fourth-order valence-electron chi connectivity index (χ4n) is 2.26. The predicted molar refractivity (Wildman–Crippen MR) is 100 cm³/mol. The Morgan fingerprint density at radius 1 is 0.917 bits per heavy atom. The van der Waals surface area contributed by atoms with E-state index in [0.29, 0.717) is 22.5 Å². The van der Waals surface area contributed by atoms with Crippen molar-refractivity contribution in [1.29, 1.82) is 0 Å². The van der Waals surface area contributed by atoms with Crippen molar-refractivity contribution >= 4 is 40.7 Å². The summed E-state index contributed by atoms with van der Waals surface area (Å²) in [5.41, 5.74) is 2.79. The lowest BCUT2D eigenvalue weighted by Gasteiger charge is -2.10. The second-order valence-corrected chi connectivity index (χ2v) is 6.21. The monoisotopic (exact) mass is 358 g/mol. The molecule has 0 atom stereocenters. The molecule has 0 amide bonds. The minimum absolute atomic E-state index is 0.490. The third-order valence-electron chi connectivity index (χ3n) is 3.29. The molecule has 0 saturated heterocycles. The van der Waals surface area contributed by atoms with E-state index < -0.39 is 0 Å². The van der Waals surface area contributed by atoms with E-state index in [1.807, 2.05) is 31.2 Å². The van der Waals surface area contributed by atoms with Gasteiger partial charge < -0.3 is 10.6 Å². The van der Waals surface area contributed by atoms with Gasteiger partial charge in [-0.1, -0.05) is 53.5 Å². The molecule has 24 heavy (non-hydrogen) atoms. The van der Waals surface area contributed by atoms with Crippen LogP contribution in [0.25, 0.3) is 0 Å². The molecule has 0 unspecified atom stereocenters. The summed E-state index contributed by atoms with van der Waals surface area (Å²) in [6, 6.07) is 17.3. The molecule has 4 nitrogen and oxygen atoms in total. The van der Waals surface area contributed by atoms with Gasteiger partial charge in [-0.15, -0.1) is 0 Å². The number of benzene rings is 2. The van der Waals surface area contributed by atoms with Crippen LogP contribution in [0.5, 0.6) is 0 Å². The van der Waals surface area contributed by atoms with Crippen molar-refractivity contribution in [2.75, 3.05) is 10.6 Å². The van der Waals surface area contributed by atoms with Crippen LogP contribution in [0.3, 0.4) is 0 Å². The van der Waals surface area contributed by atoms with E-state index in [9.17, 15) is 0 Å². The summed E-state index contributed by atoms with van der Waals surface area (Å²) in [5, 5.41) is 7.55. The van der Waals surface area contributed by atoms with Crippen LogP contribution in [0, 0.1) is 6.92 Å². The summed E-state index contributed by atoms with van der Waals surface area (Å²) >= 11 is 12.0. The molecule has 2 N–H and O–H groups in total. The molecule has 0 aliphatic carbocycles. The number of rotatable bonds is 5. The van der Waals surface area contributed by atoms with Crippen molar-refractivity contribution in [1.82, 2.24) is 9.97 Å². The van der Waals surface area contributed by atoms with Gasteiger partial charge in [0.15, 0.2) is 0 Å². The van der Waals surface area contributed by atoms with Gasteiger partial charge in [0.2, 0.25) is 5.95 Å². The SMILES string of the molecule is Cc1cc(NCc2ccccc2)nc(Nc2cc(Cl)cc(Cl)c2)n1. The third-order valence-corrected chi connectivity index (χ3v) is 3.73. The number of hydrogen-bond donors (Lipinski definition) is 2. The Morgan fingerprint density at radius 3 is 2.33 bits per heavy atom. The molecule has 122 valence electrons. The van der Waals surface area contributed by atoms with Gasteiger partial charge in [0, 0.05) is 34.0 Å². The Bertz CT molecular complexity index is 817. The number of aryl methyl sites for hydroxylation is 1. The van der Waals surface area contributed by atoms with E-state index in [1.165, 1.54) is 5.56 Å². The first-order valence-electron chi connectivity index (χ1n) is 7.45. The number of anilines is 3. The zero-order chi connectivity index (χ0) is 16.9. The summed E-state index contributed by atoms with van der Waals surface area (Å²) < 4.78 is 0. The first kappa shape index (κ1) is 16.6. The number of hydrogen-bond acceptors (Lipinski definition) is 4. The van der Waals surface area contributed by atoms with Gasteiger partial charge in [0.1, 0.15) is 5.82 Å². The van der Waals surface area contributed by atoms with Crippen LogP contribution >= 0.6 is 23.2 Å². The Kier molecular flexibility index (Phi) is 5.18. The van der Waals surface area contributed by atoms with E-state index in [-0.39, 0.29) is 0 Å². The number of nitrogens with zero attached hydrogens (tertiary/aromatic N) is 2. The van der Waals surface area contributed by atoms with Crippen LogP contribution in [-0.4, -0.2) is 9.97 Å². The average Bonchev–Trinajstić information content (AvgIpc) is 2.52. The molecular formula is C18H16Cl2N4. The van der Waals surface area contributed by atoms with Crippen molar-refractivity contribution in [3.05, 3.63) is 75.9 Å². The van der Waals surface area contributed by atoms with Crippen molar-refractivity contribution in [3.8, 4) is 0 Å². The van der Waals surface area contributed by atoms with E-state index in [4.69, 9.17) is 23.2 Å². The topological polar surface area (TPSA) is 49.8 Å². The normalized spacial score (nSPS) is 10.5. The fraction of sp³-hybridized carbons (Fsp3) is 0.111. The van der Waals surface area contributed by atoms with Crippen LogP contribution in [0.15, 0.2) is 54.6 Å². The van der Waals surface area contributed by atoms with E-state index in [1.54, 1.807) is 18.2 Å².